The molecule has 0 N–H and O–H groups in total. The van der Waals surface area contributed by atoms with Crippen molar-refractivity contribution in [1.82, 2.24) is 0 Å². The Morgan fingerprint density at radius 1 is 0.304 bits per heavy atom. The van der Waals surface area contributed by atoms with Crippen LogP contribution in [0.1, 0.15) is 290 Å². The van der Waals surface area contributed by atoms with Crippen molar-refractivity contribution in [3.8, 4) is 0 Å². The molecule has 1 atom stereocenters. The van der Waals surface area contributed by atoms with Crippen LogP contribution in [0.15, 0.2) is 72.9 Å². The average molecular weight is 964 g/mol. The van der Waals surface area contributed by atoms with E-state index in [2.05, 4.69) is 93.7 Å². The number of allylic oxidation sites excluding steroid dienone is 12. The fourth-order valence-electron chi connectivity index (χ4n) is 8.29. The lowest BCUT2D eigenvalue weighted by Gasteiger charge is -2.18. The number of ether oxygens (including phenoxy) is 3. The minimum Gasteiger partial charge on any atom is -0.462 e. The standard InChI is InChI=1S/C63H110O6/c1-4-7-10-13-16-19-21-23-25-27-29-31-33-35-37-39-41-44-47-50-53-56-62(65)68-59-60(58-67-61(64)55-52-49-46-43-18-15-12-9-6-3)69-63(66)57-54-51-48-45-42-40-38-36-34-32-30-28-26-24-22-20-17-14-11-8-5-2/h7,10,16,19,23,25,28-31,35,37,60H,4-6,8-9,11-15,17-18,20-22,24,26-27,32-34,36,38-59H2,1-3H3/b10-7-,19-16-,25-23-,30-28-,31-29-,37-35-. The van der Waals surface area contributed by atoms with Crippen molar-refractivity contribution in [2.24, 2.45) is 0 Å². The van der Waals surface area contributed by atoms with Crippen molar-refractivity contribution < 1.29 is 28.6 Å². The Morgan fingerprint density at radius 3 is 0.899 bits per heavy atom. The topological polar surface area (TPSA) is 78.9 Å². The molecule has 0 spiro atoms. The van der Waals surface area contributed by atoms with E-state index in [9.17, 15) is 14.4 Å². The van der Waals surface area contributed by atoms with Crippen molar-refractivity contribution >= 4 is 17.9 Å². The van der Waals surface area contributed by atoms with E-state index in [0.29, 0.717) is 19.3 Å². The number of rotatable bonds is 53. The molecule has 0 rings (SSSR count). The number of esters is 3. The maximum atomic E-state index is 12.9. The lowest BCUT2D eigenvalue weighted by Crippen LogP contribution is -2.30. The quantitative estimate of drug-likeness (QED) is 0.0262. The highest BCUT2D eigenvalue weighted by molar-refractivity contribution is 5.71. The largest absolute Gasteiger partial charge is 0.462 e. The number of carbonyl (C=O) groups is 3. The Bertz CT molecular complexity index is 1290. The molecule has 6 nitrogen and oxygen atoms in total. The molecule has 0 saturated heterocycles. The molecule has 1 unspecified atom stereocenters. The van der Waals surface area contributed by atoms with E-state index in [4.69, 9.17) is 14.2 Å². The zero-order chi connectivity index (χ0) is 50.0. The molecule has 0 aromatic heterocycles. The van der Waals surface area contributed by atoms with Crippen LogP contribution < -0.4 is 0 Å². The molecule has 0 aromatic carbocycles. The Balaban J connectivity index is 4.30. The molecule has 0 bridgehead atoms. The summed E-state index contributed by atoms with van der Waals surface area (Å²) in [7, 11) is 0. The van der Waals surface area contributed by atoms with Gasteiger partial charge in [0.1, 0.15) is 13.2 Å². The molecule has 0 amide bonds. The van der Waals surface area contributed by atoms with Crippen molar-refractivity contribution in [2.75, 3.05) is 13.2 Å². The lowest BCUT2D eigenvalue weighted by molar-refractivity contribution is -0.167. The molecular weight excluding hydrogens is 853 g/mol. The first kappa shape index (κ1) is 65.8. The fraction of sp³-hybridized carbons (Fsp3) is 0.762. The van der Waals surface area contributed by atoms with E-state index in [-0.39, 0.29) is 31.1 Å². The Labute approximate surface area is 427 Å². The first-order valence-electron chi connectivity index (χ1n) is 29.4. The van der Waals surface area contributed by atoms with Crippen LogP contribution in [0.2, 0.25) is 0 Å². The van der Waals surface area contributed by atoms with Gasteiger partial charge in [-0.05, 0) is 89.9 Å². The zero-order valence-corrected chi connectivity index (χ0v) is 45.6. The third-order valence-electron chi connectivity index (χ3n) is 12.7. The average Bonchev–Trinajstić information content (AvgIpc) is 3.35. The molecular formula is C63H110O6. The molecule has 0 aromatic rings. The Hall–Kier alpha value is -3.15. The first-order chi connectivity index (χ1) is 34.0. The number of hydrogen-bond acceptors (Lipinski definition) is 6. The van der Waals surface area contributed by atoms with E-state index >= 15 is 0 Å². The predicted molar refractivity (Wildman–Crippen MR) is 298 cm³/mol. The van der Waals surface area contributed by atoms with Crippen LogP contribution in [-0.2, 0) is 28.6 Å². The number of unbranched alkanes of at least 4 members (excludes halogenated alkanes) is 30. The molecule has 6 heteroatoms. The van der Waals surface area contributed by atoms with E-state index in [1.165, 1.54) is 141 Å². The van der Waals surface area contributed by atoms with Gasteiger partial charge in [-0.2, -0.15) is 0 Å². The van der Waals surface area contributed by atoms with Gasteiger partial charge in [0.15, 0.2) is 6.10 Å². The van der Waals surface area contributed by atoms with Crippen LogP contribution in [0, 0.1) is 0 Å². The Morgan fingerprint density at radius 2 is 0.565 bits per heavy atom. The van der Waals surface area contributed by atoms with Gasteiger partial charge in [0.05, 0.1) is 0 Å². The maximum absolute atomic E-state index is 12.9. The van der Waals surface area contributed by atoms with Gasteiger partial charge in [-0.15, -0.1) is 0 Å². The molecule has 0 fully saturated rings. The minimum atomic E-state index is -0.783. The predicted octanol–water partition coefficient (Wildman–Crippen LogP) is 19.8. The molecule has 0 saturated carbocycles. The van der Waals surface area contributed by atoms with Gasteiger partial charge < -0.3 is 14.2 Å². The monoisotopic (exact) mass is 963 g/mol. The van der Waals surface area contributed by atoms with E-state index in [0.717, 1.165) is 109 Å². The summed E-state index contributed by atoms with van der Waals surface area (Å²) in [5.74, 6) is -0.896. The van der Waals surface area contributed by atoms with Crippen LogP contribution in [0.25, 0.3) is 0 Å². The first-order valence-corrected chi connectivity index (χ1v) is 29.4. The maximum Gasteiger partial charge on any atom is 0.306 e. The van der Waals surface area contributed by atoms with Gasteiger partial charge in [0, 0.05) is 19.3 Å². The highest BCUT2D eigenvalue weighted by Gasteiger charge is 2.19. The molecule has 0 aliphatic carbocycles. The van der Waals surface area contributed by atoms with Gasteiger partial charge in [-0.25, -0.2) is 0 Å². The highest BCUT2D eigenvalue weighted by Crippen LogP contribution is 2.16. The van der Waals surface area contributed by atoms with Crippen LogP contribution in [-0.4, -0.2) is 37.2 Å². The van der Waals surface area contributed by atoms with Crippen LogP contribution >= 0.6 is 0 Å². The van der Waals surface area contributed by atoms with Gasteiger partial charge in [0.25, 0.3) is 0 Å². The Kier molecular flexibility index (Phi) is 54.8. The van der Waals surface area contributed by atoms with E-state index < -0.39 is 6.10 Å². The summed E-state index contributed by atoms with van der Waals surface area (Å²) >= 11 is 0. The highest BCUT2D eigenvalue weighted by atomic mass is 16.6. The van der Waals surface area contributed by atoms with Crippen molar-refractivity contribution in [3.63, 3.8) is 0 Å². The second-order valence-electron chi connectivity index (χ2n) is 19.5. The van der Waals surface area contributed by atoms with Crippen LogP contribution in [0.4, 0.5) is 0 Å². The smallest absolute Gasteiger partial charge is 0.306 e. The number of carbonyl (C=O) groups excluding carboxylic acids is 3. The summed E-state index contributed by atoms with van der Waals surface area (Å²) in [6, 6.07) is 0. The van der Waals surface area contributed by atoms with Crippen molar-refractivity contribution in [3.05, 3.63) is 72.9 Å². The second kappa shape index (κ2) is 57.4. The molecule has 69 heavy (non-hydrogen) atoms. The third-order valence-corrected chi connectivity index (χ3v) is 12.7. The molecule has 0 aliphatic heterocycles. The lowest BCUT2D eigenvalue weighted by atomic mass is 10.1. The van der Waals surface area contributed by atoms with Gasteiger partial charge in [-0.1, -0.05) is 254 Å². The van der Waals surface area contributed by atoms with Gasteiger partial charge in [-0.3, -0.25) is 14.4 Å². The second-order valence-corrected chi connectivity index (χ2v) is 19.5. The van der Waals surface area contributed by atoms with E-state index in [1.54, 1.807) is 0 Å². The number of hydrogen-bond donors (Lipinski definition) is 0. The van der Waals surface area contributed by atoms with Gasteiger partial charge >= 0.3 is 17.9 Å². The van der Waals surface area contributed by atoms with Crippen LogP contribution in [0.5, 0.6) is 0 Å². The molecule has 0 heterocycles. The summed E-state index contributed by atoms with van der Waals surface area (Å²) in [5.41, 5.74) is 0. The summed E-state index contributed by atoms with van der Waals surface area (Å²) in [6.07, 6.45) is 73.3. The summed E-state index contributed by atoms with van der Waals surface area (Å²) in [5, 5.41) is 0. The van der Waals surface area contributed by atoms with Crippen molar-refractivity contribution in [2.45, 2.75) is 297 Å². The third kappa shape index (κ3) is 55.6. The fourth-order valence-corrected chi connectivity index (χ4v) is 8.29. The molecule has 0 radical (unpaired) electrons. The summed E-state index contributed by atoms with van der Waals surface area (Å²) in [4.78, 5) is 38.1. The normalized spacial score (nSPS) is 12.6. The van der Waals surface area contributed by atoms with Gasteiger partial charge in [0.2, 0.25) is 0 Å². The summed E-state index contributed by atoms with van der Waals surface area (Å²) in [6.45, 7) is 6.51. The van der Waals surface area contributed by atoms with Crippen molar-refractivity contribution in [1.29, 1.82) is 0 Å². The molecule has 0 aliphatic rings. The summed E-state index contributed by atoms with van der Waals surface area (Å²) < 4.78 is 16.8. The SMILES string of the molecule is CC/C=C\C/C=C\C/C=C\C/C=C\C/C=C\CCCCCCCC(=O)OCC(COC(=O)CCCCCCCCCCC)OC(=O)CCCCCCCCCCC/C=C\CCCCCCCCCC. The van der Waals surface area contributed by atoms with Crippen LogP contribution in [0.3, 0.4) is 0 Å². The molecule has 398 valence electrons. The minimum absolute atomic E-state index is 0.0806. The van der Waals surface area contributed by atoms with E-state index in [1.807, 2.05) is 0 Å². The zero-order valence-electron chi connectivity index (χ0n) is 45.6.